The fourth-order valence-electron chi connectivity index (χ4n) is 1.26. The van der Waals surface area contributed by atoms with Crippen LogP contribution in [-0.4, -0.2) is 16.9 Å². The number of thiol groups is 1. The molecule has 1 saturated heterocycles. The van der Waals surface area contributed by atoms with Gasteiger partial charge in [-0.2, -0.15) is 0 Å². The molecule has 0 saturated carbocycles. The first kappa shape index (κ1) is 7.42. The van der Waals surface area contributed by atoms with Gasteiger partial charge in [0, 0.05) is 12.6 Å². The van der Waals surface area contributed by atoms with E-state index in [1.807, 2.05) is 0 Å². The van der Waals surface area contributed by atoms with Crippen molar-refractivity contribution in [3.8, 4) is 0 Å². The van der Waals surface area contributed by atoms with Crippen molar-refractivity contribution in [2.24, 2.45) is 0 Å². The van der Waals surface area contributed by atoms with Crippen LogP contribution in [-0.2, 0) is 0 Å². The van der Waals surface area contributed by atoms with Crippen LogP contribution in [0.4, 0.5) is 0 Å². The van der Waals surface area contributed by atoms with Gasteiger partial charge in [0.05, 0.1) is 0 Å². The van der Waals surface area contributed by atoms with Gasteiger partial charge in [-0.1, -0.05) is 25.7 Å². The Morgan fingerprint density at radius 1 is 1.33 bits per heavy atom. The lowest BCUT2D eigenvalue weighted by molar-refractivity contribution is 0.385. The van der Waals surface area contributed by atoms with Crippen molar-refractivity contribution in [3.63, 3.8) is 0 Å². The fraction of sp³-hybridized carbons (Fsp3) is 1.00. The molecule has 1 nitrogen and oxygen atoms in total. The van der Waals surface area contributed by atoms with Gasteiger partial charge in [0.15, 0.2) is 0 Å². The molecule has 1 aliphatic rings. The largest absolute Gasteiger partial charge is 0.250 e. The van der Waals surface area contributed by atoms with Crippen LogP contribution >= 0.6 is 12.8 Å². The lowest BCUT2D eigenvalue weighted by atomic mass is 10.1. The maximum atomic E-state index is 4.36. The highest BCUT2D eigenvalue weighted by atomic mass is 32.1. The lowest BCUT2D eigenvalue weighted by Gasteiger charge is -2.18. The third-order valence-electron chi connectivity index (χ3n) is 2.02. The van der Waals surface area contributed by atoms with Crippen molar-refractivity contribution in [1.29, 1.82) is 0 Å². The molecule has 1 aliphatic heterocycles. The molecule has 54 valence electrons. The van der Waals surface area contributed by atoms with Crippen molar-refractivity contribution in [2.45, 2.75) is 38.6 Å². The number of rotatable bonds is 0. The Hall–Kier alpha value is 0.310. The first-order chi connectivity index (χ1) is 4.30. The van der Waals surface area contributed by atoms with Gasteiger partial charge in [-0.05, 0) is 19.8 Å². The molecule has 1 unspecified atom stereocenters. The third-order valence-corrected chi connectivity index (χ3v) is 2.61. The quantitative estimate of drug-likeness (QED) is 0.511. The van der Waals surface area contributed by atoms with Crippen LogP contribution < -0.4 is 0 Å². The Bertz CT molecular complexity index is 75.0. The monoisotopic (exact) mass is 145 g/mol. The van der Waals surface area contributed by atoms with Gasteiger partial charge in [-0.3, -0.25) is 4.31 Å². The molecule has 1 atom stereocenters. The second-order valence-corrected chi connectivity index (χ2v) is 3.38. The van der Waals surface area contributed by atoms with E-state index in [9.17, 15) is 0 Å². The molecule has 1 heterocycles. The molecular formula is C7H15NS. The molecule has 0 aromatic heterocycles. The Morgan fingerprint density at radius 2 is 2.11 bits per heavy atom. The molecule has 0 bridgehead atoms. The average molecular weight is 145 g/mol. The molecule has 0 aromatic carbocycles. The van der Waals surface area contributed by atoms with Gasteiger partial charge in [0.1, 0.15) is 0 Å². The lowest BCUT2D eigenvalue weighted by Crippen LogP contribution is -2.22. The van der Waals surface area contributed by atoms with Gasteiger partial charge in [-0.25, -0.2) is 0 Å². The number of hydrogen-bond donors (Lipinski definition) is 1. The van der Waals surface area contributed by atoms with Crippen LogP contribution in [0.25, 0.3) is 0 Å². The summed E-state index contributed by atoms with van der Waals surface area (Å²) in [6.45, 7) is 3.42. The van der Waals surface area contributed by atoms with Crippen molar-refractivity contribution < 1.29 is 0 Å². The molecule has 0 radical (unpaired) electrons. The van der Waals surface area contributed by atoms with Crippen LogP contribution in [0.2, 0.25) is 0 Å². The average Bonchev–Trinajstić information content (AvgIpc) is 1.99. The van der Waals surface area contributed by atoms with Crippen LogP contribution in [0.3, 0.4) is 0 Å². The Kier molecular flexibility index (Phi) is 2.86. The minimum atomic E-state index is 0.691. The van der Waals surface area contributed by atoms with E-state index in [4.69, 9.17) is 0 Å². The smallest absolute Gasteiger partial charge is 0.0171 e. The minimum Gasteiger partial charge on any atom is -0.250 e. The van der Waals surface area contributed by atoms with Crippen molar-refractivity contribution >= 4 is 12.8 Å². The van der Waals surface area contributed by atoms with Crippen LogP contribution in [0, 0.1) is 0 Å². The summed E-state index contributed by atoms with van der Waals surface area (Å²) < 4.78 is 2.16. The number of hydrogen-bond acceptors (Lipinski definition) is 2. The summed E-state index contributed by atoms with van der Waals surface area (Å²) in [5.74, 6) is 0. The van der Waals surface area contributed by atoms with Crippen molar-refractivity contribution in [3.05, 3.63) is 0 Å². The predicted molar refractivity (Wildman–Crippen MR) is 43.6 cm³/mol. The van der Waals surface area contributed by atoms with Crippen LogP contribution in [0.15, 0.2) is 0 Å². The molecule has 2 heteroatoms. The summed E-state index contributed by atoms with van der Waals surface area (Å²) in [6, 6.07) is 0.691. The Labute approximate surface area is 63.0 Å². The fourth-order valence-corrected chi connectivity index (χ4v) is 1.52. The minimum absolute atomic E-state index is 0.691. The summed E-state index contributed by atoms with van der Waals surface area (Å²) >= 11 is 4.36. The zero-order chi connectivity index (χ0) is 6.69. The van der Waals surface area contributed by atoms with E-state index in [0.29, 0.717) is 6.04 Å². The molecule has 9 heavy (non-hydrogen) atoms. The Balaban J connectivity index is 2.32. The van der Waals surface area contributed by atoms with Gasteiger partial charge >= 0.3 is 0 Å². The summed E-state index contributed by atoms with van der Waals surface area (Å²) in [4.78, 5) is 0. The summed E-state index contributed by atoms with van der Waals surface area (Å²) in [5, 5.41) is 0. The van der Waals surface area contributed by atoms with Gasteiger partial charge in [-0.15, -0.1) is 0 Å². The topological polar surface area (TPSA) is 3.24 Å². The van der Waals surface area contributed by atoms with E-state index in [-0.39, 0.29) is 0 Å². The van der Waals surface area contributed by atoms with E-state index in [0.717, 1.165) is 0 Å². The van der Waals surface area contributed by atoms with Crippen LogP contribution in [0.5, 0.6) is 0 Å². The highest BCUT2D eigenvalue weighted by Crippen LogP contribution is 2.16. The first-order valence-electron chi connectivity index (χ1n) is 3.76. The predicted octanol–water partition coefficient (Wildman–Crippen LogP) is 2.10. The van der Waals surface area contributed by atoms with Crippen molar-refractivity contribution in [1.82, 2.24) is 4.31 Å². The number of nitrogens with zero attached hydrogens (tertiary/aromatic N) is 1. The van der Waals surface area contributed by atoms with Gasteiger partial charge < -0.3 is 0 Å². The molecule has 0 amide bonds. The zero-order valence-corrected chi connectivity index (χ0v) is 6.90. The molecule has 0 aliphatic carbocycles. The van der Waals surface area contributed by atoms with Gasteiger partial charge in [0.25, 0.3) is 0 Å². The molecular weight excluding hydrogens is 130 g/mol. The highest BCUT2D eigenvalue weighted by molar-refractivity contribution is 7.77. The third kappa shape index (κ3) is 2.18. The van der Waals surface area contributed by atoms with Crippen molar-refractivity contribution in [2.75, 3.05) is 6.54 Å². The highest BCUT2D eigenvalue weighted by Gasteiger charge is 2.12. The second kappa shape index (κ2) is 3.47. The van der Waals surface area contributed by atoms with E-state index >= 15 is 0 Å². The van der Waals surface area contributed by atoms with E-state index < -0.39 is 0 Å². The summed E-state index contributed by atoms with van der Waals surface area (Å²) in [5.41, 5.74) is 0. The molecule has 0 spiro atoms. The molecule has 1 fully saturated rings. The molecule has 0 N–H and O–H groups in total. The molecule has 0 aromatic rings. The summed E-state index contributed by atoms with van der Waals surface area (Å²) in [6.07, 6.45) is 5.43. The van der Waals surface area contributed by atoms with E-state index in [1.54, 1.807) is 0 Å². The maximum Gasteiger partial charge on any atom is 0.0171 e. The van der Waals surface area contributed by atoms with E-state index in [1.165, 1.54) is 32.2 Å². The maximum absolute atomic E-state index is 4.36. The van der Waals surface area contributed by atoms with Gasteiger partial charge in [0.2, 0.25) is 0 Å². The Morgan fingerprint density at radius 3 is 2.89 bits per heavy atom. The SMILES string of the molecule is CC1CCCCCN1S. The zero-order valence-electron chi connectivity index (χ0n) is 6.01. The standard InChI is InChI=1S/C7H15NS/c1-7-5-3-2-4-6-8(7)9/h7,9H,2-6H2,1H3. The van der Waals surface area contributed by atoms with E-state index in [2.05, 4.69) is 24.0 Å². The second-order valence-electron chi connectivity index (χ2n) is 2.86. The van der Waals surface area contributed by atoms with Crippen LogP contribution in [0.1, 0.15) is 32.6 Å². The first-order valence-corrected chi connectivity index (χ1v) is 4.16. The normalized spacial score (nSPS) is 32.0. The summed E-state index contributed by atoms with van der Waals surface area (Å²) in [7, 11) is 0. The molecule has 1 rings (SSSR count).